The molecule has 2 rings (SSSR count). The second-order valence-electron chi connectivity index (χ2n) is 5.46. The van der Waals surface area contributed by atoms with Crippen molar-refractivity contribution in [1.82, 2.24) is 0 Å². The van der Waals surface area contributed by atoms with Crippen molar-refractivity contribution >= 4 is 5.78 Å². The summed E-state index contributed by atoms with van der Waals surface area (Å²) in [6.07, 6.45) is 8.33. The third-order valence-corrected chi connectivity index (χ3v) is 4.38. The summed E-state index contributed by atoms with van der Waals surface area (Å²) in [6.45, 7) is 2.22. The summed E-state index contributed by atoms with van der Waals surface area (Å²) in [7, 11) is 1.70. The van der Waals surface area contributed by atoms with Crippen LogP contribution in [0.1, 0.15) is 51.9 Å². The molecule has 2 saturated carbocycles. The van der Waals surface area contributed by atoms with Crippen LogP contribution in [-0.2, 0) is 9.53 Å². The summed E-state index contributed by atoms with van der Waals surface area (Å²) in [5, 5.41) is 0. The lowest BCUT2D eigenvalue weighted by atomic mass is 9.74. The minimum atomic E-state index is -0.0860. The molecular formula is C14H24O2. The van der Waals surface area contributed by atoms with Crippen LogP contribution in [0.2, 0.25) is 0 Å². The van der Waals surface area contributed by atoms with Crippen LogP contribution in [0.4, 0.5) is 0 Å². The van der Waals surface area contributed by atoms with E-state index in [0.29, 0.717) is 23.5 Å². The van der Waals surface area contributed by atoms with Gasteiger partial charge in [-0.05, 0) is 37.5 Å². The largest absolute Gasteiger partial charge is 0.373 e. The van der Waals surface area contributed by atoms with E-state index in [-0.39, 0.29) is 6.10 Å². The van der Waals surface area contributed by atoms with Crippen molar-refractivity contribution in [3.05, 3.63) is 0 Å². The Kier molecular flexibility index (Phi) is 4.01. The number of Topliss-reactive ketones (excluding diaryl/α,β-unsaturated/α-hetero) is 1. The highest BCUT2D eigenvalue weighted by molar-refractivity contribution is 5.86. The minimum Gasteiger partial charge on any atom is -0.373 e. The zero-order valence-electron chi connectivity index (χ0n) is 10.6. The molecule has 0 spiro atoms. The quantitative estimate of drug-likeness (QED) is 0.717. The number of rotatable bonds is 5. The third kappa shape index (κ3) is 2.48. The van der Waals surface area contributed by atoms with Crippen LogP contribution in [0.3, 0.4) is 0 Å². The molecule has 2 fully saturated rings. The van der Waals surface area contributed by atoms with Gasteiger partial charge in [0.1, 0.15) is 6.10 Å². The van der Waals surface area contributed by atoms with Gasteiger partial charge in [-0.3, -0.25) is 4.79 Å². The third-order valence-electron chi connectivity index (χ3n) is 4.38. The first-order valence-corrected chi connectivity index (χ1v) is 6.84. The van der Waals surface area contributed by atoms with E-state index in [1.54, 1.807) is 7.11 Å². The maximum Gasteiger partial charge on any atom is 0.165 e. The molecule has 0 radical (unpaired) electrons. The molecule has 0 aliphatic heterocycles. The van der Waals surface area contributed by atoms with Gasteiger partial charge in [0.15, 0.2) is 5.78 Å². The second kappa shape index (κ2) is 5.31. The van der Waals surface area contributed by atoms with Gasteiger partial charge in [0, 0.05) is 13.0 Å². The molecule has 0 heterocycles. The average Bonchev–Trinajstić information content (AvgIpc) is 3.14. The van der Waals surface area contributed by atoms with E-state index in [2.05, 4.69) is 6.92 Å². The van der Waals surface area contributed by atoms with E-state index < -0.39 is 0 Å². The molecule has 0 aromatic heterocycles. The van der Waals surface area contributed by atoms with E-state index in [1.165, 1.54) is 32.1 Å². The van der Waals surface area contributed by atoms with Crippen molar-refractivity contribution in [2.45, 2.75) is 58.0 Å². The predicted molar refractivity (Wildman–Crippen MR) is 64.3 cm³/mol. The smallest absolute Gasteiger partial charge is 0.165 e. The summed E-state index contributed by atoms with van der Waals surface area (Å²) in [6, 6.07) is 0. The van der Waals surface area contributed by atoms with E-state index in [9.17, 15) is 4.79 Å². The van der Waals surface area contributed by atoms with Crippen LogP contribution in [0.5, 0.6) is 0 Å². The Labute approximate surface area is 98.7 Å². The summed E-state index contributed by atoms with van der Waals surface area (Å²) in [5.41, 5.74) is 0. The van der Waals surface area contributed by atoms with Gasteiger partial charge in [0.05, 0.1) is 0 Å². The molecule has 0 saturated heterocycles. The van der Waals surface area contributed by atoms with Crippen LogP contribution in [0.15, 0.2) is 0 Å². The fourth-order valence-corrected chi connectivity index (χ4v) is 3.22. The molecule has 2 nitrogen and oxygen atoms in total. The topological polar surface area (TPSA) is 26.3 Å². The van der Waals surface area contributed by atoms with Crippen LogP contribution in [-0.4, -0.2) is 19.0 Å². The second-order valence-corrected chi connectivity index (χ2v) is 5.46. The molecular weight excluding hydrogens is 200 g/mol. The van der Waals surface area contributed by atoms with Crippen molar-refractivity contribution in [3.8, 4) is 0 Å². The standard InChI is InChI=1S/C14H24O2/c1-3-10-6-4-5-7-12(10)13(15)14(16-2)11-8-9-11/h10-12,14H,3-9H2,1-2H3. The van der Waals surface area contributed by atoms with Gasteiger partial charge in [-0.1, -0.05) is 26.2 Å². The highest BCUT2D eigenvalue weighted by Crippen LogP contribution is 2.40. The molecule has 16 heavy (non-hydrogen) atoms. The van der Waals surface area contributed by atoms with Gasteiger partial charge in [-0.25, -0.2) is 0 Å². The normalized spacial score (nSPS) is 32.4. The lowest BCUT2D eigenvalue weighted by Gasteiger charge is -2.32. The van der Waals surface area contributed by atoms with Gasteiger partial charge in [0.25, 0.3) is 0 Å². The van der Waals surface area contributed by atoms with E-state index in [1.807, 2.05) is 0 Å². The molecule has 3 atom stereocenters. The molecule has 2 heteroatoms. The van der Waals surface area contributed by atoms with Crippen LogP contribution in [0.25, 0.3) is 0 Å². The number of carbonyl (C=O) groups excluding carboxylic acids is 1. The van der Waals surface area contributed by atoms with Crippen molar-refractivity contribution < 1.29 is 9.53 Å². The molecule has 0 aromatic carbocycles. The molecule has 92 valence electrons. The van der Waals surface area contributed by atoms with Crippen LogP contribution < -0.4 is 0 Å². The number of carbonyl (C=O) groups is 1. The lowest BCUT2D eigenvalue weighted by molar-refractivity contribution is -0.137. The van der Waals surface area contributed by atoms with Crippen molar-refractivity contribution in [2.24, 2.45) is 17.8 Å². The van der Waals surface area contributed by atoms with Gasteiger partial charge >= 0.3 is 0 Å². The van der Waals surface area contributed by atoms with Crippen molar-refractivity contribution in [1.29, 1.82) is 0 Å². The number of ether oxygens (including phenoxy) is 1. The Morgan fingerprint density at radius 3 is 2.50 bits per heavy atom. The first kappa shape index (κ1) is 12.1. The van der Waals surface area contributed by atoms with E-state index >= 15 is 0 Å². The van der Waals surface area contributed by atoms with Gasteiger partial charge in [-0.2, -0.15) is 0 Å². The van der Waals surface area contributed by atoms with Crippen LogP contribution >= 0.6 is 0 Å². The number of hydrogen-bond acceptors (Lipinski definition) is 2. The molecule has 0 bridgehead atoms. The number of ketones is 1. The highest BCUT2D eigenvalue weighted by atomic mass is 16.5. The molecule has 0 amide bonds. The van der Waals surface area contributed by atoms with Crippen LogP contribution in [0, 0.1) is 17.8 Å². The van der Waals surface area contributed by atoms with E-state index in [4.69, 9.17) is 4.74 Å². The summed E-state index contributed by atoms with van der Waals surface area (Å²) >= 11 is 0. The Morgan fingerprint density at radius 2 is 1.94 bits per heavy atom. The SMILES string of the molecule is CCC1CCCCC1C(=O)C(OC)C1CC1. The van der Waals surface area contributed by atoms with E-state index in [0.717, 1.165) is 12.8 Å². The predicted octanol–water partition coefficient (Wildman–Crippen LogP) is 3.20. The zero-order valence-corrected chi connectivity index (χ0v) is 10.6. The summed E-state index contributed by atoms with van der Waals surface area (Å²) < 4.78 is 5.43. The molecule has 0 aromatic rings. The lowest BCUT2D eigenvalue weighted by Crippen LogP contribution is -2.37. The Balaban J connectivity index is 2.00. The van der Waals surface area contributed by atoms with Gasteiger partial charge < -0.3 is 4.74 Å². The first-order valence-electron chi connectivity index (χ1n) is 6.84. The first-order chi connectivity index (χ1) is 7.77. The Morgan fingerprint density at radius 1 is 1.25 bits per heavy atom. The average molecular weight is 224 g/mol. The van der Waals surface area contributed by atoms with Gasteiger partial charge in [0.2, 0.25) is 0 Å². The molecule has 0 N–H and O–H groups in total. The maximum absolute atomic E-state index is 12.5. The molecule has 3 unspecified atom stereocenters. The zero-order chi connectivity index (χ0) is 11.5. The monoisotopic (exact) mass is 224 g/mol. The molecule has 2 aliphatic carbocycles. The van der Waals surface area contributed by atoms with Crippen molar-refractivity contribution in [3.63, 3.8) is 0 Å². The fourth-order valence-electron chi connectivity index (χ4n) is 3.22. The Bertz CT molecular complexity index is 245. The van der Waals surface area contributed by atoms with Gasteiger partial charge in [-0.15, -0.1) is 0 Å². The number of methoxy groups -OCH3 is 1. The fraction of sp³-hybridized carbons (Fsp3) is 0.929. The molecule has 2 aliphatic rings. The maximum atomic E-state index is 12.5. The van der Waals surface area contributed by atoms with Crippen molar-refractivity contribution in [2.75, 3.05) is 7.11 Å². The highest BCUT2D eigenvalue weighted by Gasteiger charge is 2.41. The summed E-state index contributed by atoms with van der Waals surface area (Å²) in [5.74, 6) is 1.87. The minimum absolute atomic E-state index is 0.0860. The Hall–Kier alpha value is -0.370. The summed E-state index contributed by atoms with van der Waals surface area (Å²) in [4.78, 5) is 12.5. The number of hydrogen-bond donors (Lipinski definition) is 0.